The van der Waals surface area contributed by atoms with E-state index in [1.165, 1.54) is 12.1 Å². The van der Waals surface area contributed by atoms with Gasteiger partial charge in [0.05, 0.1) is 6.04 Å². The maximum Gasteiger partial charge on any atom is 0.124 e. The average molecular weight is 350 g/mol. The molecule has 1 heterocycles. The van der Waals surface area contributed by atoms with Crippen molar-refractivity contribution in [2.45, 2.75) is 31.9 Å². The number of halogens is 2. The number of hydrogen-bond acceptors (Lipinski definition) is 2. The molecule has 1 aliphatic heterocycles. The maximum absolute atomic E-state index is 13.5. The maximum atomic E-state index is 13.5. The molecular formula is C17H17BrFNO. The van der Waals surface area contributed by atoms with Crippen LogP contribution in [-0.2, 0) is 6.42 Å². The Balaban J connectivity index is 1.95. The zero-order chi connectivity index (χ0) is 15.2. The largest absolute Gasteiger partial charge is 0.487 e. The monoisotopic (exact) mass is 349 g/mol. The minimum Gasteiger partial charge on any atom is -0.487 e. The highest BCUT2D eigenvalue weighted by molar-refractivity contribution is 9.10. The molecule has 2 aromatic rings. The van der Waals surface area contributed by atoms with E-state index in [0.717, 1.165) is 28.9 Å². The summed E-state index contributed by atoms with van der Waals surface area (Å²) >= 11 is 3.30. The lowest BCUT2D eigenvalue weighted by molar-refractivity contribution is 0.138. The minimum absolute atomic E-state index is 0.174. The van der Waals surface area contributed by atoms with Gasteiger partial charge in [0.25, 0.3) is 0 Å². The number of nitrogens with two attached hydrogens (primary N) is 1. The molecule has 0 radical (unpaired) electrons. The Labute approximate surface area is 132 Å². The predicted octanol–water partition coefficient (Wildman–Crippen LogP) is 4.35. The van der Waals surface area contributed by atoms with Crippen LogP contribution in [0, 0.1) is 5.82 Å². The molecule has 21 heavy (non-hydrogen) atoms. The molecule has 0 aromatic heterocycles. The average Bonchev–Trinajstić information content (AvgIpc) is 2.69. The van der Waals surface area contributed by atoms with Crippen molar-refractivity contribution in [1.29, 1.82) is 0 Å². The molecule has 2 aromatic carbocycles. The normalized spacial score (nSPS) is 17.2. The summed E-state index contributed by atoms with van der Waals surface area (Å²) in [5.41, 5.74) is 8.99. The summed E-state index contributed by atoms with van der Waals surface area (Å²) in [6.45, 7) is 4.13. The van der Waals surface area contributed by atoms with E-state index < -0.39 is 0 Å². The fourth-order valence-corrected chi connectivity index (χ4v) is 3.25. The first kappa shape index (κ1) is 14.5. The standard InChI is InChI=1S/C17H17BrFNO/c1-17(2)9-12-5-10(3-4-15(12)21-17)16(20)11-6-13(18)8-14(19)7-11/h3-8,16H,9,20H2,1-2H3. The highest BCUT2D eigenvalue weighted by Crippen LogP contribution is 2.36. The SMILES string of the molecule is CC1(C)Cc2cc(C(N)c3cc(F)cc(Br)c3)ccc2O1. The first-order valence-corrected chi connectivity index (χ1v) is 7.67. The molecule has 0 amide bonds. The van der Waals surface area contributed by atoms with Crippen LogP contribution >= 0.6 is 15.9 Å². The van der Waals surface area contributed by atoms with Crippen LogP contribution in [0.4, 0.5) is 4.39 Å². The van der Waals surface area contributed by atoms with Crippen molar-refractivity contribution in [3.8, 4) is 5.75 Å². The lowest BCUT2D eigenvalue weighted by atomic mass is 9.95. The fourth-order valence-electron chi connectivity index (χ4n) is 2.77. The van der Waals surface area contributed by atoms with Crippen molar-refractivity contribution in [2.75, 3.05) is 0 Å². The lowest BCUT2D eigenvalue weighted by Crippen LogP contribution is -2.24. The molecule has 1 unspecified atom stereocenters. The summed E-state index contributed by atoms with van der Waals surface area (Å²) in [5.74, 6) is 0.622. The van der Waals surface area contributed by atoms with Crippen molar-refractivity contribution >= 4 is 15.9 Å². The van der Waals surface area contributed by atoms with Gasteiger partial charge >= 0.3 is 0 Å². The predicted molar refractivity (Wildman–Crippen MR) is 85.0 cm³/mol. The summed E-state index contributed by atoms with van der Waals surface area (Å²) < 4.78 is 20.1. The van der Waals surface area contributed by atoms with Crippen molar-refractivity contribution in [3.05, 3.63) is 63.4 Å². The van der Waals surface area contributed by atoms with E-state index in [2.05, 4.69) is 35.8 Å². The van der Waals surface area contributed by atoms with E-state index >= 15 is 0 Å². The first-order valence-electron chi connectivity index (χ1n) is 6.87. The van der Waals surface area contributed by atoms with Crippen LogP contribution in [0.3, 0.4) is 0 Å². The Kier molecular flexibility index (Phi) is 3.54. The molecule has 0 saturated carbocycles. The molecule has 0 spiro atoms. The number of ether oxygens (including phenoxy) is 1. The van der Waals surface area contributed by atoms with Crippen molar-refractivity contribution in [3.63, 3.8) is 0 Å². The highest BCUT2D eigenvalue weighted by atomic mass is 79.9. The second-order valence-corrected chi connectivity index (χ2v) is 7.00. The molecule has 0 saturated heterocycles. The number of rotatable bonds is 2. The summed E-state index contributed by atoms with van der Waals surface area (Å²) in [4.78, 5) is 0. The zero-order valence-electron chi connectivity index (χ0n) is 12.0. The van der Waals surface area contributed by atoms with E-state index in [4.69, 9.17) is 10.5 Å². The topological polar surface area (TPSA) is 35.2 Å². The van der Waals surface area contributed by atoms with Crippen LogP contribution in [0.25, 0.3) is 0 Å². The van der Waals surface area contributed by atoms with Crippen molar-refractivity contribution in [1.82, 2.24) is 0 Å². The van der Waals surface area contributed by atoms with Gasteiger partial charge in [-0.2, -0.15) is 0 Å². The Morgan fingerprint density at radius 1 is 1.19 bits per heavy atom. The number of benzene rings is 2. The van der Waals surface area contributed by atoms with Gasteiger partial charge in [-0.25, -0.2) is 4.39 Å². The molecule has 2 nitrogen and oxygen atoms in total. The molecule has 1 aliphatic rings. The second kappa shape index (κ2) is 5.11. The number of fused-ring (bicyclic) bond motifs is 1. The first-order chi connectivity index (χ1) is 9.84. The number of hydrogen-bond donors (Lipinski definition) is 1. The van der Waals surface area contributed by atoms with Gasteiger partial charge in [0.15, 0.2) is 0 Å². The van der Waals surface area contributed by atoms with E-state index in [9.17, 15) is 4.39 Å². The molecule has 0 aliphatic carbocycles. The van der Waals surface area contributed by atoms with E-state index in [1.807, 2.05) is 18.2 Å². The fraction of sp³-hybridized carbons (Fsp3) is 0.294. The van der Waals surface area contributed by atoms with Gasteiger partial charge < -0.3 is 10.5 Å². The van der Waals surface area contributed by atoms with Gasteiger partial charge in [-0.3, -0.25) is 0 Å². The zero-order valence-corrected chi connectivity index (χ0v) is 13.6. The van der Waals surface area contributed by atoms with E-state index in [1.54, 1.807) is 0 Å². The molecule has 110 valence electrons. The van der Waals surface area contributed by atoms with Crippen molar-refractivity contribution < 1.29 is 9.13 Å². The van der Waals surface area contributed by atoms with Gasteiger partial charge in [-0.1, -0.05) is 28.1 Å². The Morgan fingerprint density at radius 2 is 1.95 bits per heavy atom. The molecule has 2 N–H and O–H groups in total. The van der Waals surface area contributed by atoms with Crippen LogP contribution in [0.1, 0.15) is 36.6 Å². The second-order valence-electron chi connectivity index (χ2n) is 6.09. The molecular weight excluding hydrogens is 333 g/mol. The van der Waals surface area contributed by atoms with E-state index in [-0.39, 0.29) is 17.5 Å². The Bertz CT molecular complexity index is 679. The Morgan fingerprint density at radius 3 is 2.67 bits per heavy atom. The van der Waals surface area contributed by atoms with E-state index in [0.29, 0.717) is 4.47 Å². The summed E-state index contributed by atoms with van der Waals surface area (Å²) in [6, 6.07) is 10.4. The third kappa shape index (κ3) is 2.97. The third-order valence-electron chi connectivity index (χ3n) is 3.69. The third-order valence-corrected chi connectivity index (χ3v) is 4.15. The molecule has 3 rings (SSSR count). The minimum atomic E-state index is -0.356. The molecule has 1 atom stereocenters. The van der Waals surface area contributed by atoms with Gasteiger partial charge in [0, 0.05) is 10.9 Å². The lowest BCUT2D eigenvalue weighted by Gasteiger charge is -2.16. The highest BCUT2D eigenvalue weighted by Gasteiger charge is 2.30. The smallest absolute Gasteiger partial charge is 0.124 e. The van der Waals surface area contributed by atoms with Gasteiger partial charge in [0.2, 0.25) is 0 Å². The quantitative estimate of drug-likeness (QED) is 0.874. The molecule has 4 heteroatoms. The molecule has 0 bridgehead atoms. The van der Waals surface area contributed by atoms with Gasteiger partial charge in [0.1, 0.15) is 17.2 Å². The van der Waals surface area contributed by atoms with Crippen LogP contribution in [-0.4, -0.2) is 5.60 Å². The molecule has 0 fully saturated rings. The van der Waals surface area contributed by atoms with Crippen LogP contribution in [0.15, 0.2) is 40.9 Å². The van der Waals surface area contributed by atoms with Crippen LogP contribution < -0.4 is 10.5 Å². The van der Waals surface area contributed by atoms with Gasteiger partial charge in [-0.15, -0.1) is 0 Å². The Hall–Kier alpha value is -1.39. The summed E-state index contributed by atoms with van der Waals surface area (Å²) in [7, 11) is 0. The summed E-state index contributed by atoms with van der Waals surface area (Å²) in [5, 5.41) is 0. The van der Waals surface area contributed by atoms with Crippen molar-refractivity contribution in [2.24, 2.45) is 5.73 Å². The summed E-state index contributed by atoms with van der Waals surface area (Å²) in [6.07, 6.45) is 0.857. The van der Waals surface area contributed by atoms with Crippen LogP contribution in [0.5, 0.6) is 5.75 Å². The van der Waals surface area contributed by atoms with Gasteiger partial charge in [-0.05, 0) is 54.8 Å². The van der Waals surface area contributed by atoms with Crippen LogP contribution in [0.2, 0.25) is 0 Å².